The molecule has 60 valence electrons. The third-order valence-electron chi connectivity index (χ3n) is 1.40. The molecule has 2 N–H and O–H groups in total. The fourth-order valence-electron chi connectivity index (χ4n) is 0.757. The topological polar surface area (TPSA) is 40.5 Å². The van der Waals surface area contributed by atoms with Crippen molar-refractivity contribution in [1.82, 2.24) is 0 Å². The highest BCUT2D eigenvalue weighted by molar-refractivity contribution is 7.10. The highest BCUT2D eigenvalue weighted by Gasteiger charge is 2.15. The van der Waals surface area contributed by atoms with Crippen molar-refractivity contribution in [3.8, 4) is 0 Å². The first-order valence-corrected chi connectivity index (χ1v) is 4.15. The van der Waals surface area contributed by atoms with Crippen LogP contribution in [0.3, 0.4) is 0 Å². The second-order valence-corrected chi connectivity index (χ2v) is 3.17. The fourth-order valence-corrected chi connectivity index (χ4v) is 1.51. The first-order chi connectivity index (χ1) is 5.25. The predicted molar refractivity (Wildman–Crippen MR) is 45.5 cm³/mol. The average Bonchev–Trinajstić information content (AvgIpc) is 2.53. The standard InChI is InChI=1S/C8H10O2S/c1-2-6(9)8(10)7-4-3-5-11-7/h2-6,8-10H,1H2/t6-,8-/m0/s1. The van der Waals surface area contributed by atoms with E-state index in [1.54, 1.807) is 6.07 Å². The molecule has 0 aromatic carbocycles. The van der Waals surface area contributed by atoms with Crippen LogP contribution in [0, 0.1) is 0 Å². The van der Waals surface area contributed by atoms with Gasteiger partial charge in [-0.1, -0.05) is 12.1 Å². The highest BCUT2D eigenvalue weighted by atomic mass is 32.1. The fraction of sp³-hybridized carbons (Fsp3) is 0.250. The van der Waals surface area contributed by atoms with Crippen LogP contribution in [-0.4, -0.2) is 16.3 Å². The van der Waals surface area contributed by atoms with E-state index in [9.17, 15) is 5.11 Å². The molecule has 1 heterocycles. The Kier molecular flexibility index (Phi) is 2.82. The maximum atomic E-state index is 9.37. The average molecular weight is 170 g/mol. The van der Waals surface area contributed by atoms with Crippen LogP contribution in [0.2, 0.25) is 0 Å². The van der Waals surface area contributed by atoms with Gasteiger partial charge < -0.3 is 10.2 Å². The van der Waals surface area contributed by atoms with Gasteiger partial charge in [0.2, 0.25) is 0 Å². The van der Waals surface area contributed by atoms with Crippen molar-refractivity contribution in [2.75, 3.05) is 0 Å². The summed E-state index contributed by atoms with van der Waals surface area (Å²) >= 11 is 1.42. The van der Waals surface area contributed by atoms with Crippen LogP contribution in [0.4, 0.5) is 0 Å². The minimum absolute atomic E-state index is 0.761. The summed E-state index contributed by atoms with van der Waals surface area (Å²) in [6.07, 6.45) is -0.370. The molecule has 11 heavy (non-hydrogen) atoms. The molecule has 2 nitrogen and oxygen atoms in total. The molecule has 0 saturated heterocycles. The molecule has 0 spiro atoms. The summed E-state index contributed by atoms with van der Waals surface area (Å²) in [4.78, 5) is 0.761. The lowest BCUT2D eigenvalue weighted by Gasteiger charge is -2.11. The minimum atomic E-state index is -0.867. The summed E-state index contributed by atoms with van der Waals surface area (Å²) in [6, 6.07) is 3.61. The molecule has 0 aliphatic heterocycles. The van der Waals surface area contributed by atoms with Gasteiger partial charge in [0.1, 0.15) is 12.2 Å². The largest absolute Gasteiger partial charge is 0.386 e. The molecule has 0 aliphatic carbocycles. The molecule has 0 radical (unpaired) electrons. The zero-order valence-electron chi connectivity index (χ0n) is 5.97. The van der Waals surface area contributed by atoms with Gasteiger partial charge in [-0.15, -0.1) is 17.9 Å². The smallest absolute Gasteiger partial charge is 0.118 e. The van der Waals surface area contributed by atoms with Crippen molar-refractivity contribution in [2.45, 2.75) is 12.2 Å². The number of rotatable bonds is 3. The van der Waals surface area contributed by atoms with Crippen LogP contribution < -0.4 is 0 Å². The van der Waals surface area contributed by atoms with Crippen molar-refractivity contribution >= 4 is 11.3 Å². The number of hydrogen-bond donors (Lipinski definition) is 2. The van der Waals surface area contributed by atoms with Gasteiger partial charge in [-0.3, -0.25) is 0 Å². The third kappa shape index (κ3) is 1.89. The predicted octanol–water partition coefficient (Wildman–Crippen LogP) is 1.33. The van der Waals surface area contributed by atoms with E-state index < -0.39 is 12.2 Å². The molecule has 0 unspecified atom stereocenters. The molecule has 0 aliphatic rings. The monoisotopic (exact) mass is 170 g/mol. The van der Waals surface area contributed by atoms with Crippen molar-refractivity contribution in [3.05, 3.63) is 35.0 Å². The third-order valence-corrected chi connectivity index (χ3v) is 2.34. The Hall–Kier alpha value is -0.640. The summed E-state index contributed by atoms with van der Waals surface area (Å²) in [5.74, 6) is 0. The first kappa shape index (κ1) is 8.46. The molecule has 2 atom stereocenters. The van der Waals surface area contributed by atoms with Crippen molar-refractivity contribution in [2.24, 2.45) is 0 Å². The number of aliphatic hydroxyl groups is 2. The molecule has 0 amide bonds. The molecular formula is C8H10O2S. The van der Waals surface area contributed by atoms with Gasteiger partial charge in [0, 0.05) is 4.88 Å². The van der Waals surface area contributed by atoms with E-state index in [1.807, 2.05) is 11.4 Å². The molecule has 0 bridgehead atoms. The Morgan fingerprint density at radius 1 is 1.55 bits per heavy atom. The van der Waals surface area contributed by atoms with Crippen molar-refractivity contribution in [1.29, 1.82) is 0 Å². The van der Waals surface area contributed by atoms with Gasteiger partial charge in [0.05, 0.1) is 0 Å². The van der Waals surface area contributed by atoms with Gasteiger partial charge in [0.15, 0.2) is 0 Å². The van der Waals surface area contributed by atoms with Gasteiger partial charge in [-0.05, 0) is 11.4 Å². The molecular weight excluding hydrogens is 160 g/mol. The highest BCUT2D eigenvalue weighted by Crippen LogP contribution is 2.21. The van der Waals surface area contributed by atoms with Gasteiger partial charge in [0.25, 0.3) is 0 Å². The SMILES string of the molecule is C=C[C@H](O)[C@H](O)c1cccs1. The Balaban J connectivity index is 2.69. The van der Waals surface area contributed by atoms with Gasteiger partial charge in [-0.2, -0.15) is 0 Å². The Morgan fingerprint density at radius 2 is 2.27 bits per heavy atom. The quantitative estimate of drug-likeness (QED) is 0.672. The summed E-state index contributed by atoms with van der Waals surface area (Å²) in [6.45, 7) is 3.39. The molecule has 0 fully saturated rings. The zero-order chi connectivity index (χ0) is 8.27. The molecule has 0 saturated carbocycles. The van der Waals surface area contributed by atoms with Crippen LogP contribution >= 0.6 is 11.3 Å². The molecule has 1 aromatic heterocycles. The van der Waals surface area contributed by atoms with E-state index in [0.29, 0.717) is 0 Å². The van der Waals surface area contributed by atoms with Crippen molar-refractivity contribution in [3.63, 3.8) is 0 Å². The van der Waals surface area contributed by atoms with E-state index in [-0.39, 0.29) is 0 Å². The molecule has 1 rings (SSSR count). The van der Waals surface area contributed by atoms with Crippen LogP contribution in [-0.2, 0) is 0 Å². The van der Waals surface area contributed by atoms with E-state index in [0.717, 1.165) is 4.88 Å². The van der Waals surface area contributed by atoms with Crippen LogP contribution in [0.25, 0.3) is 0 Å². The summed E-state index contributed by atoms with van der Waals surface area (Å²) in [5.41, 5.74) is 0. The van der Waals surface area contributed by atoms with Gasteiger partial charge >= 0.3 is 0 Å². The first-order valence-electron chi connectivity index (χ1n) is 3.28. The van der Waals surface area contributed by atoms with E-state index in [4.69, 9.17) is 5.11 Å². The summed E-state index contributed by atoms with van der Waals surface area (Å²) in [5, 5.41) is 20.4. The van der Waals surface area contributed by atoms with E-state index in [2.05, 4.69) is 6.58 Å². The summed E-state index contributed by atoms with van der Waals surface area (Å²) in [7, 11) is 0. The molecule has 1 aromatic rings. The van der Waals surface area contributed by atoms with Crippen LogP contribution in [0.1, 0.15) is 11.0 Å². The normalized spacial score (nSPS) is 15.8. The van der Waals surface area contributed by atoms with Crippen LogP contribution in [0.5, 0.6) is 0 Å². The second-order valence-electron chi connectivity index (χ2n) is 2.19. The number of aliphatic hydroxyl groups excluding tert-OH is 2. The lowest BCUT2D eigenvalue weighted by molar-refractivity contribution is 0.0509. The molecule has 3 heteroatoms. The van der Waals surface area contributed by atoms with Gasteiger partial charge in [-0.25, -0.2) is 0 Å². The Labute approximate surface area is 69.4 Å². The summed E-state index contributed by atoms with van der Waals surface area (Å²) < 4.78 is 0. The van der Waals surface area contributed by atoms with Crippen LogP contribution in [0.15, 0.2) is 30.2 Å². The maximum absolute atomic E-state index is 9.37. The zero-order valence-corrected chi connectivity index (χ0v) is 6.79. The maximum Gasteiger partial charge on any atom is 0.118 e. The second kappa shape index (κ2) is 3.67. The minimum Gasteiger partial charge on any atom is -0.386 e. The Morgan fingerprint density at radius 3 is 2.73 bits per heavy atom. The number of thiophene rings is 1. The lowest BCUT2D eigenvalue weighted by Crippen LogP contribution is -2.13. The number of hydrogen-bond acceptors (Lipinski definition) is 3. The lowest BCUT2D eigenvalue weighted by atomic mass is 10.2. The van der Waals surface area contributed by atoms with E-state index >= 15 is 0 Å². The van der Waals surface area contributed by atoms with E-state index in [1.165, 1.54) is 17.4 Å². The Bertz CT molecular complexity index is 218. The van der Waals surface area contributed by atoms with Crippen molar-refractivity contribution < 1.29 is 10.2 Å².